The predicted molar refractivity (Wildman–Crippen MR) is 97.6 cm³/mol. The van der Waals surface area contributed by atoms with E-state index in [4.69, 9.17) is 16.3 Å². The second-order valence-electron chi connectivity index (χ2n) is 7.30. The zero-order valence-corrected chi connectivity index (χ0v) is 15.9. The summed E-state index contributed by atoms with van der Waals surface area (Å²) in [5.41, 5.74) is 0.517. The average Bonchev–Trinajstić information content (AvgIpc) is 2.85. The minimum Gasteiger partial charge on any atom is -0.444 e. The van der Waals surface area contributed by atoms with Gasteiger partial charge in [0.1, 0.15) is 12.1 Å². The van der Waals surface area contributed by atoms with Crippen LogP contribution in [0, 0.1) is 0 Å². The number of halogens is 1. The highest BCUT2D eigenvalue weighted by atomic mass is 35.5. The lowest BCUT2D eigenvalue weighted by atomic mass is 10.0. The van der Waals surface area contributed by atoms with Crippen LogP contribution in [0.25, 0.3) is 0 Å². The normalized spacial score (nSPS) is 21.0. The predicted octanol–water partition coefficient (Wildman–Crippen LogP) is 2.73. The van der Waals surface area contributed by atoms with Crippen LogP contribution in [0.15, 0.2) is 24.3 Å². The van der Waals surface area contributed by atoms with Gasteiger partial charge in [0.05, 0.1) is 6.04 Å². The summed E-state index contributed by atoms with van der Waals surface area (Å²) in [6.07, 6.45) is 0.252. The van der Waals surface area contributed by atoms with Gasteiger partial charge < -0.3 is 15.4 Å². The third-order valence-corrected chi connectivity index (χ3v) is 4.25. The number of nitrogens with zero attached hydrogens (tertiary/aromatic N) is 1. The monoisotopic (exact) mass is 367 g/mol. The standard InChI is InChI=1S/C18H26ClN3O3/c1-18(2,3)25-17(24)20-11-15(23)21-14-9-10-22(4)16(14)12-5-7-13(19)8-6-12/h5-8,14,16H,9-11H2,1-4H3,(H,20,24)(H,21,23)/t14-,16-/m1/s1. The lowest BCUT2D eigenvalue weighted by Crippen LogP contribution is -2.45. The van der Waals surface area contributed by atoms with Crippen molar-refractivity contribution in [1.82, 2.24) is 15.5 Å². The van der Waals surface area contributed by atoms with Gasteiger partial charge in [-0.25, -0.2) is 4.79 Å². The molecule has 1 aromatic rings. The SMILES string of the molecule is CN1CC[C@@H](NC(=O)CNC(=O)OC(C)(C)C)[C@H]1c1ccc(Cl)cc1. The molecule has 0 saturated carbocycles. The molecule has 2 amide bonds. The number of likely N-dealkylation sites (tertiary alicyclic amines) is 1. The van der Waals surface area contributed by atoms with Gasteiger partial charge in [-0.3, -0.25) is 9.69 Å². The summed E-state index contributed by atoms with van der Waals surface area (Å²) in [6.45, 7) is 6.10. The second kappa shape index (κ2) is 8.06. The van der Waals surface area contributed by atoms with Gasteiger partial charge in [0.25, 0.3) is 0 Å². The molecule has 0 aliphatic carbocycles. The molecular weight excluding hydrogens is 342 g/mol. The molecule has 1 aromatic carbocycles. The summed E-state index contributed by atoms with van der Waals surface area (Å²) in [6, 6.07) is 7.74. The van der Waals surface area contributed by atoms with Crippen LogP contribution in [-0.2, 0) is 9.53 Å². The first-order valence-electron chi connectivity index (χ1n) is 8.37. The number of carbonyl (C=O) groups is 2. The third-order valence-electron chi connectivity index (χ3n) is 4.00. The largest absolute Gasteiger partial charge is 0.444 e. The van der Waals surface area contributed by atoms with Gasteiger partial charge in [0, 0.05) is 17.6 Å². The van der Waals surface area contributed by atoms with Crippen molar-refractivity contribution >= 4 is 23.6 Å². The molecule has 6 nitrogen and oxygen atoms in total. The number of hydrogen-bond acceptors (Lipinski definition) is 4. The number of carbonyl (C=O) groups excluding carboxylic acids is 2. The first-order valence-corrected chi connectivity index (χ1v) is 8.75. The maximum Gasteiger partial charge on any atom is 0.408 e. The van der Waals surface area contributed by atoms with E-state index in [2.05, 4.69) is 15.5 Å². The number of rotatable bonds is 4. The molecule has 0 unspecified atom stereocenters. The van der Waals surface area contributed by atoms with Gasteiger partial charge in [-0.15, -0.1) is 0 Å². The minimum atomic E-state index is -0.597. The van der Waals surface area contributed by atoms with Gasteiger partial charge in [-0.2, -0.15) is 0 Å². The smallest absolute Gasteiger partial charge is 0.408 e. The minimum absolute atomic E-state index is 0.0147. The number of hydrogen-bond donors (Lipinski definition) is 2. The van der Waals surface area contributed by atoms with E-state index in [1.165, 1.54) is 0 Å². The molecule has 1 aliphatic rings. The Morgan fingerprint density at radius 2 is 1.92 bits per heavy atom. The fourth-order valence-corrected chi connectivity index (χ4v) is 3.10. The molecule has 2 rings (SSSR count). The molecule has 7 heteroatoms. The first kappa shape index (κ1) is 19.5. The average molecular weight is 368 g/mol. The lowest BCUT2D eigenvalue weighted by Gasteiger charge is -2.26. The van der Waals surface area contributed by atoms with Gasteiger partial charge in [0.2, 0.25) is 5.91 Å². The Bertz CT molecular complexity index is 613. The number of nitrogens with one attached hydrogen (secondary N) is 2. The highest BCUT2D eigenvalue weighted by Gasteiger charge is 2.34. The molecule has 0 spiro atoms. The first-order chi connectivity index (χ1) is 11.7. The van der Waals surface area contributed by atoms with Gasteiger partial charge in [0.15, 0.2) is 0 Å². The maximum absolute atomic E-state index is 12.2. The Morgan fingerprint density at radius 1 is 1.28 bits per heavy atom. The van der Waals surface area contributed by atoms with Crippen molar-refractivity contribution in [3.05, 3.63) is 34.9 Å². The Balaban J connectivity index is 1.90. The van der Waals surface area contributed by atoms with E-state index in [0.717, 1.165) is 18.5 Å². The molecule has 25 heavy (non-hydrogen) atoms. The number of ether oxygens (including phenoxy) is 1. The Labute approximate surface area is 153 Å². The summed E-state index contributed by atoms with van der Waals surface area (Å²) >= 11 is 5.96. The number of amides is 2. The van der Waals surface area contributed by atoms with E-state index >= 15 is 0 Å². The number of likely N-dealkylation sites (N-methyl/N-ethyl adjacent to an activating group) is 1. The Hall–Kier alpha value is -1.79. The summed E-state index contributed by atoms with van der Waals surface area (Å²) in [5, 5.41) is 6.18. The van der Waals surface area contributed by atoms with Crippen molar-refractivity contribution in [3.8, 4) is 0 Å². The highest BCUT2D eigenvalue weighted by Crippen LogP contribution is 2.31. The van der Waals surface area contributed by atoms with E-state index in [1.807, 2.05) is 31.3 Å². The lowest BCUT2D eigenvalue weighted by molar-refractivity contribution is -0.121. The molecule has 0 radical (unpaired) electrons. The van der Waals surface area contributed by atoms with Crippen molar-refractivity contribution in [1.29, 1.82) is 0 Å². The molecule has 0 bridgehead atoms. The van der Waals surface area contributed by atoms with Crippen LogP contribution in [0.4, 0.5) is 4.79 Å². The highest BCUT2D eigenvalue weighted by molar-refractivity contribution is 6.30. The molecule has 1 aliphatic heterocycles. The Kier molecular flexibility index (Phi) is 6.30. The molecule has 2 atom stereocenters. The molecule has 138 valence electrons. The van der Waals surface area contributed by atoms with Crippen molar-refractivity contribution in [3.63, 3.8) is 0 Å². The molecule has 1 fully saturated rings. The fourth-order valence-electron chi connectivity index (χ4n) is 2.97. The van der Waals surface area contributed by atoms with E-state index < -0.39 is 11.7 Å². The van der Waals surface area contributed by atoms with Crippen LogP contribution >= 0.6 is 11.6 Å². The molecule has 1 saturated heterocycles. The fraction of sp³-hybridized carbons (Fsp3) is 0.556. The van der Waals surface area contributed by atoms with Crippen molar-refractivity contribution in [2.75, 3.05) is 20.1 Å². The molecular formula is C18H26ClN3O3. The van der Waals surface area contributed by atoms with E-state index in [1.54, 1.807) is 20.8 Å². The van der Waals surface area contributed by atoms with Crippen LogP contribution in [0.3, 0.4) is 0 Å². The van der Waals surface area contributed by atoms with Gasteiger partial charge in [-0.1, -0.05) is 23.7 Å². The topological polar surface area (TPSA) is 70.7 Å². The molecule has 1 heterocycles. The van der Waals surface area contributed by atoms with E-state index in [-0.39, 0.29) is 24.5 Å². The van der Waals surface area contributed by atoms with Crippen LogP contribution in [0.5, 0.6) is 0 Å². The summed E-state index contributed by atoms with van der Waals surface area (Å²) in [5.74, 6) is -0.231. The Morgan fingerprint density at radius 3 is 2.52 bits per heavy atom. The van der Waals surface area contributed by atoms with Crippen LogP contribution < -0.4 is 10.6 Å². The second-order valence-corrected chi connectivity index (χ2v) is 7.73. The van der Waals surface area contributed by atoms with E-state index in [9.17, 15) is 9.59 Å². The quantitative estimate of drug-likeness (QED) is 0.858. The van der Waals surface area contributed by atoms with E-state index in [0.29, 0.717) is 5.02 Å². The zero-order valence-electron chi connectivity index (χ0n) is 15.1. The molecule has 0 aromatic heterocycles. The van der Waals surface area contributed by atoms with Crippen LogP contribution in [0.2, 0.25) is 5.02 Å². The van der Waals surface area contributed by atoms with Crippen molar-refractivity contribution in [2.45, 2.75) is 44.9 Å². The third kappa shape index (κ3) is 5.90. The molecule has 2 N–H and O–H groups in total. The maximum atomic E-state index is 12.2. The van der Waals surface area contributed by atoms with Crippen molar-refractivity contribution in [2.24, 2.45) is 0 Å². The van der Waals surface area contributed by atoms with Gasteiger partial charge in [-0.05, 0) is 51.9 Å². The zero-order chi connectivity index (χ0) is 18.6. The number of benzene rings is 1. The number of alkyl carbamates (subject to hydrolysis) is 1. The van der Waals surface area contributed by atoms with Crippen molar-refractivity contribution < 1.29 is 14.3 Å². The van der Waals surface area contributed by atoms with Gasteiger partial charge >= 0.3 is 6.09 Å². The van der Waals surface area contributed by atoms with Crippen LogP contribution in [-0.4, -0.2) is 48.7 Å². The van der Waals surface area contributed by atoms with Crippen LogP contribution in [0.1, 0.15) is 38.8 Å². The summed E-state index contributed by atoms with van der Waals surface area (Å²) in [7, 11) is 2.03. The summed E-state index contributed by atoms with van der Waals surface area (Å²) < 4.78 is 5.13. The summed E-state index contributed by atoms with van der Waals surface area (Å²) in [4.78, 5) is 26.0.